The predicted molar refractivity (Wildman–Crippen MR) is 122 cm³/mol. The van der Waals surface area contributed by atoms with E-state index in [0.29, 0.717) is 25.2 Å². The number of rotatable bonds is 4. The first-order chi connectivity index (χ1) is 15.1. The lowest BCUT2D eigenvalue weighted by Crippen LogP contribution is -2.40. The van der Waals surface area contributed by atoms with Gasteiger partial charge in [-0.3, -0.25) is 4.79 Å². The first-order valence-electron chi connectivity index (χ1n) is 10.6. The van der Waals surface area contributed by atoms with Gasteiger partial charge in [-0.15, -0.1) is 11.3 Å². The average Bonchev–Trinajstić information content (AvgIpc) is 3.51. The molecule has 1 aromatic heterocycles. The van der Waals surface area contributed by atoms with Gasteiger partial charge >= 0.3 is 0 Å². The van der Waals surface area contributed by atoms with Gasteiger partial charge in [-0.05, 0) is 60.0 Å². The summed E-state index contributed by atoms with van der Waals surface area (Å²) in [6.07, 6.45) is 2.58. The van der Waals surface area contributed by atoms with Crippen LogP contribution in [-0.2, 0) is 16.4 Å². The summed E-state index contributed by atoms with van der Waals surface area (Å²) in [7, 11) is -3.57. The maximum Gasteiger partial charge on any atom is 0.254 e. The number of hydrogen-bond donors (Lipinski definition) is 0. The number of carbonyl (C=O) groups is 1. The Kier molecular flexibility index (Phi) is 5.42. The number of thiophene rings is 1. The third kappa shape index (κ3) is 3.71. The number of benzene rings is 2. The van der Waals surface area contributed by atoms with E-state index in [1.54, 1.807) is 35.6 Å². The van der Waals surface area contributed by atoms with Crippen molar-refractivity contribution in [1.82, 2.24) is 9.21 Å². The molecule has 3 aromatic rings. The first-order valence-corrected chi connectivity index (χ1v) is 12.9. The lowest BCUT2D eigenvalue weighted by atomic mass is 9.92. The maximum absolute atomic E-state index is 13.6. The third-order valence-electron chi connectivity index (χ3n) is 6.13. The van der Waals surface area contributed by atoms with Crippen LogP contribution in [0.15, 0.2) is 70.9 Å². The monoisotopic (exact) mass is 452 g/mol. The molecule has 2 aromatic carbocycles. The average molecular weight is 453 g/mol. The molecule has 0 aliphatic carbocycles. The normalized spacial score (nSPS) is 19.4. The molecule has 0 spiro atoms. The quantitative estimate of drug-likeness (QED) is 0.592. The molecule has 5 rings (SSSR count). The third-order valence-corrected chi connectivity index (χ3v) is 9.02. The van der Waals surface area contributed by atoms with Crippen molar-refractivity contribution in [3.63, 3.8) is 0 Å². The highest BCUT2D eigenvalue weighted by Gasteiger charge is 2.34. The Morgan fingerprint density at radius 3 is 2.48 bits per heavy atom. The Labute approximate surface area is 187 Å². The van der Waals surface area contributed by atoms with Crippen molar-refractivity contribution >= 4 is 27.3 Å². The van der Waals surface area contributed by atoms with E-state index in [9.17, 15) is 13.2 Å². The number of carbonyl (C=O) groups excluding carboxylic acids is 1. The predicted octanol–water partition coefficient (Wildman–Crippen LogP) is 4.32. The standard InChI is InChI=1S/C24H24N2O3S2/c27-24(19-9-6-10-20(17-19)31(28,29)25-13-4-5-14-25)26-15-11-22-21(12-16-30-22)23(26)18-7-2-1-3-8-18/h1-3,6-10,12,16-17,23H,4-5,11,13-15H2/t23-/m1/s1. The molecule has 2 aliphatic rings. The summed E-state index contributed by atoms with van der Waals surface area (Å²) in [5.41, 5.74) is 2.65. The topological polar surface area (TPSA) is 57.7 Å². The van der Waals surface area contributed by atoms with Crippen LogP contribution in [-0.4, -0.2) is 43.2 Å². The van der Waals surface area contributed by atoms with Gasteiger partial charge in [0.1, 0.15) is 0 Å². The Morgan fingerprint density at radius 2 is 1.71 bits per heavy atom. The van der Waals surface area contributed by atoms with E-state index in [0.717, 1.165) is 30.4 Å². The minimum Gasteiger partial charge on any atom is -0.327 e. The van der Waals surface area contributed by atoms with Gasteiger partial charge < -0.3 is 4.90 Å². The van der Waals surface area contributed by atoms with Crippen LogP contribution in [0, 0.1) is 0 Å². The van der Waals surface area contributed by atoms with Crippen LogP contribution < -0.4 is 0 Å². The van der Waals surface area contributed by atoms with Crippen LogP contribution in [0.5, 0.6) is 0 Å². The molecule has 0 saturated carbocycles. The summed E-state index contributed by atoms with van der Waals surface area (Å²) in [6.45, 7) is 1.70. The largest absolute Gasteiger partial charge is 0.327 e. The lowest BCUT2D eigenvalue weighted by molar-refractivity contribution is 0.0696. The van der Waals surface area contributed by atoms with Gasteiger partial charge in [0.15, 0.2) is 0 Å². The highest BCUT2D eigenvalue weighted by molar-refractivity contribution is 7.89. The van der Waals surface area contributed by atoms with Crippen LogP contribution in [0.2, 0.25) is 0 Å². The molecule has 1 amide bonds. The molecule has 2 aliphatic heterocycles. The second kappa shape index (κ2) is 8.22. The van der Waals surface area contributed by atoms with Crippen molar-refractivity contribution in [2.75, 3.05) is 19.6 Å². The lowest BCUT2D eigenvalue weighted by Gasteiger charge is -2.36. The molecule has 7 heteroatoms. The van der Waals surface area contributed by atoms with E-state index >= 15 is 0 Å². The molecule has 1 fully saturated rings. The second-order valence-electron chi connectivity index (χ2n) is 8.00. The molecule has 0 unspecified atom stereocenters. The van der Waals surface area contributed by atoms with Gasteiger partial charge in [0.05, 0.1) is 10.9 Å². The maximum atomic E-state index is 13.6. The molecule has 0 bridgehead atoms. The summed E-state index contributed by atoms with van der Waals surface area (Å²) in [6, 6.07) is 18.5. The number of fused-ring (bicyclic) bond motifs is 1. The summed E-state index contributed by atoms with van der Waals surface area (Å²) in [5, 5.41) is 2.08. The number of hydrogen-bond acceptors (Lipinski definition) is 4. The molecule has 0 radical (unpaired) electrons. The Bertz CT molecular complexity index is 1200. The molecular formula is C24H24N2O3S2. The van der Waals surface area contributed by atoms with Gasteiger partial charge in [0.25, 0.3) is 5.91 Å². The van der Waals surface area contributed by atoms with Gasteiger partial charge in [-0.25, -0.2) is 8.42 Å². The Morgan fingerprint density at radius 1 is 0.935 bits per heavy atom. The minimum absolute atomic E-state index is 0.135. The van der Waals surface area contributed by atoms with E-state index in [1.165, 1.54) is 9.18 Å². The zero-order valence-corrected chi connectivity index (χ0v) is 18.7. The van der Waals surface area contributed by atoms with Crippen LogP contribution in [0.25, 0.3) is 0 Å². The molecule has 31 heavy (non-hydrogen) atoms. The molecule has 160 valence electrons. The summed E-state index contributed by atoms with van der Waals surface area (Å²) in [4.78, 5) is 17.0. The zero-order chi connectivity index (χ0) is 21.4. The molecule has 3 heterocycles. The van der Waals surface area contributed by atoms with Crippen molar-refractivity contribution in [3.8, 4) is 0 Å². The number of nitrogens with zero attached hydrogens (tertiary/aromatic N) is 2. The van der Waals surface area contributed by atoms with Crippen molar-refractivity contribution in [2.45, 2.75) is 30.2 Å². The number of amides is 1. The summed E-state index contributed by atoms with van der Waals surface area (Å²) >= 11 is 1.73. The molecule has 1 saturated heterocycles. The summed E-state index contributed by atoms with van der Waals surface area (Å²) in [5.74, 6) is -0.135. The molecule has 1 atom stereocenters. The smallest absolute Gasteiger partial charge is 0.254 e. The molecule has 5 nitrogen and oxygen atoms in total. The fraction of sp³-hybridized carbons (Fsp3) is 0.292. The van der Waals surface area contributed by atoms with E-state index in [-0.39, 0.29) is 16.8 Å². The zero-order valence-electron chi connectivity index (χ0n) is 17.1. The van der Waals surface area contributed by atoms with Crippen LogP contribution in [0.1, 0.15) is 45.2 Å². The van der Waals surface area contributed by atoms with E-state index in [4.69, 9.17) is 0 Å². The first kappa shape index (κ1) is 20.4. The summed E-state index contributed by atoms with van der Waals surface area (Å²) < 4.78 is 27.5. The van der Waals surface area contributed by atoms with Crippen molar-refractivity contribution < 1.29 is 13.2 Å². The SMILES string of the molecule is O=C(c1cccc(S(=O)(=O)N2CCCC2)c1)N1CCc2sccc2[C@H]1c1ccccc1. The van der Waals surface area contributed by atoms with Crippen molar-refractivity contribution in [1.29, 1.82) is 0 Å². The Hall–Kier alpha value is -2.48. The van der Waals surface area contributed by atoms with E-state index in [1.807, 2.05) is 35.2 Å². The van der Waals surface area contributed by atoms with Crippen LogP contribution in [0.4, 0.5) is 0 Å². The van der Waals surface area contributed by atoms with Gasteiger partial charge in [0.2, 0.25) is 10.0 Å². The fourth-order valence-corrected chi connectivity index (χ4v) is 7.03. The second-order valence-corrected chi connectivity index (χ2v) is 10.9. The van der Waals surface area contributed by atoms with Gasteiger partial charge in [-0.1, -0.05) is 36.4 Å². The van der Waals surface area contributed by atoms with Crippen LogP contribution in [0.3, 0.4) is 0 Å². The highest BCUT2D eigenvalue weighted by atomic mass is 32.2. The van der Waals surface area contributed by atoms with Crippen LogP contribution >= 0.6 is 11.3 Å². The fourth-order valence-electron chi connectivity index (χ4n) is 4.56. The van der Waals surface area contributed by atoms with Crippen molar-refractivity contribution in [2.24, 2.45) is 0 Å². The van der Waals surface area contributed by atoms with Crippen molar-refractivity contribution in [3.05, 3.63) is 87.6 Å². The number of sulfonamides is 1. The van der Waals surface area contributed by atoms with E-state index < -0.39 is 10.0 Å². The molecular weight excluding hydrogens is 428 g/mol. The van der Waals surface area contributed by atoms with E-state index in [2.05, 4.69) is 11.4 Å². The minimum atomic E-state index is -3.57. The highest BCUT2D eigenvalue weighted by Crippen LogP contribution is 2.38. The Balaban J connectivity index is 1.51. The molecule has 0 N–H and O–H groups in total. The van der Waals surface area contributed by atoms with Gasteiger partial charge in [-0.2, -0.15) is 4.31 Å². The van der Waals surface area contributed by atoms with Gasteiger partial charge in [0, 0.05) is 30.1 Å².